The fourth-order valence-corrected chi connectivity index (χ4v) is 4.64. The average molecular weight is 464 g/mol. The molecule has 1 amide bonds. The fourth-order valence-electron chi connectivity index (χ4n) is 3.38. The highest BCUT2D eigenvalue weighted by Crippen LogP contribution is 2.50. The van der Waals surface area contributed by atoms with Crippen LogP contribution in [0.15, 0.2) is 52.0 Å². The molecule has 1 atom stereocenters. The number of aromatic nitrogens is 2. The third kappa shape index (κ3) is 4.26. The molecule has 2 aromatic rings. The Bertz CT molecular complexity index is 1020. The lowest BCUT2D eigenvalue weighted by Crippen LogP contribution is -2.42. The van der Waals surface area contributed by atoms with E-state index in [2.05, 4.69) is 11.2 Å². The van der Waals surface area contributed by atoms with Gasteiger partial charge in [-0.1, -0.05) is 17.7 Å². The van der Waals surface area contributed by atoms with Gasteiger partial charge in [0, 0.05) is 58.5 Å². The maximum absolute atomic E-state index is 12.8. The highest BCUT2D eigenvalue weighted by atomic mass is 35.5. The second-order valence-electron chi connectivity index (χ2n) is 6.97. The zero-order valence-corrected chi connectivity index (χ0v) is 19.2. The van der Waals surface area contributed by atoms with Gasteiger partial charge in [-0.25, -0.2) is 9.15 Å². The molecule has 3 heterocycles. The van der Waals surface area contributed by atoms with Crippen LogP contribution in [-0.4, -0.2) is 32.3 Å². The molecule has 0 bridgehead atoms. The number of anilines is 2. The summed E-state index contributed by atoms with van der Waals surface area (Å²) in [7, 11) is 0. The van der Waals surface area contributed by atoms with Crippen molar-refractivity contribution in [2.45, 2.75) is 37.9 Å². The van der Waals surface area contributed by atoms with Gasteiger partial charge in [-0.2, -0.15) is 9.38 Å². The highest BCUT2D eigenvalue weighted by Gasteiger charge is 2.32. The van der Waals surface area contributed by atoms with E-state index in [1.807, 2.05) is 41.7 Å². The van der Waals surface area contributed by atoms with Crippen molar-refractivity contribution in [2.24, 2.45) is 5.73 Å². The number of nitrogens with two attached hydrogens (primary N) is 1. The molecule has 0 saturated heterocycles. The van der Waals surface area contributed by atoms with E-state index < -0.39 is 6.04 Å². The minimum Gasteiger partial charge on any atom is -0.331 e. The van der Waals surface area contributed by atoms with E-state index in [0.29, 0.717) is 23.7 Å². The first-order valence-electron chi connectivity index (χ1n) is 9.36. The zero-order chi connectivity index (χ0) is 21.4. The number of nitrogens with zero attached hydrogens (tertiary/aromatic N) is 4. The maximum atomic E-state index is 12.8. The van der Waals surface area contributed by atoms with Crippen LogP contribution in [0.5, 0.6) is 0 Å². The van der Waals surface area contributed by atoms with Gasteiger partial charge >= 0.3 is 0 Å². The number of amides is 1. The Hall–Kier alpha value is -1.91. The van der Waals surface area contributed by atoms with Gasteiger partial charge in [-0.05, 0) is 43.7 Å². The number of halogens is 1. The summed E-state index contributed by atoms with van der Waals surface area (Å²) in [5.41, 5.74) is 11.0. The molecule has 0 radical (unpaired) electrons. The van der Waals surface area contributed by atoms with Crippen LogP contribution in [0.3, 0.4) is 0 Å². The first-order chi connectivity index (χ1) is 14.4. The van der Waals surface area contributed by atoms with Crippen molar-refractivity contribution >= 4 is 52.9 Å². The largest absolute Gasteiger partial charge is 0.331 e. The van der Waals surface area contributed by atoms with Crippen LogP contribution in [0, 0.1) is 0 Å². The van der Waals surface area contributed by atoms with Crippen molar-refractivity contribution < 1.29 is 9.08 Å². The van der Waals surface area contributed by atoms with Crippen LogP contribution in [-0.2, 0) is 22.2 Å². The summed E-state index contributed by atoms with van der Waals surface area (Å²) in [5, 5.41) is 7.03. The molecule has 4 rings (SSSR count). The number of carbonyl (C=O) groups is 1. The summed E-state index contributed by atoms with van der Waals surface area (Å²) in [6, 6.07) is 5.41. The van der Waals surface area contributed by atoms with E-state index in [1.54, 1.807) is 23.0 Å². The Balaban J connectivity index is 1.39. The fraction of sp³-hybridized carbons (Fsp3) is 0.300. The van der Waals surface area contributed by atoms with Crippen molar-refractivity contribution in [2.75, 3.05) is 11.3 Å². The zero-order valence-electron chi connectivity index (χ0n) is 16.8. The monoisotopic (exact) mass is 463 g/mol. The van der Waals surface area contributed by atoms with Crippen molar-refractivity contribution in [3.63, 3.8) is 0 Å². The molecule has 10 heteroatoms. The van der Waals surface area contributed by atoms with E-state index >= 15 is 0 Å². The van der Waals surface area contributed by atoms with Gasteiger partial charge in [0.1, 0.15) is 6.04 Å². The molecule has 30 heavy (non-hydrogen) atoms. The first kappa shape index (κ1) is 21.3. The van der Waals surface area contributed by atoms with Crippen molar-refractivity contribution in [3.8, 4) is 0 Å². The lowest BCUT2D eigenvalue weighted by Gasteiger charge is -2.21. The third-order valence-electron chi connectivity index (χ3n) is 4.88. The highest BCUT2D eigenvalue weighted by molar-refractivity contribution is 7.97. The van der Waals surface area contributed by atoms with Crippen molar-refractivity contribution in [1.82, 2.24) is 14.1 Å². The predicted molar refractivity (Wildman–Crippen MR) is 122 cm³/mol. The molecule has 7 nitrogen and oxygen atoms in total. The molecule has 0 fully saturated rings. The summed E-state index contributed by atoms with van der Waals surface area (Å²) in [6.45, 7) is 4.57. The van der Waals surface area contributed by atoms with Gasteiger partial charge in [0.2, 0.25) is 5.91 Å². The molecule has 2 aliphatic heterocycles. The van der Waals surface area contributed by atoms with Gasteiger partial charge in [0.15, 0.2) is 0 Å². The molecule has 2 N–H and O–H groups in total. The van der Waals surface area contributed by atoms with E-state index in [1.165, 1.54) is 24.0 Å². The van der Waals surface area contributed by atoms with E-state index in [-0.39, 0.29) is 5.91 Å². The molecule has 1 aromatic carbocycles. The third-order valence-corrected chi connectivity index (χ3v) is 6.12. The van der Waals surface area contributed by atoms with Gasteiger partial charge in [0.25, 0.3) is 0 Å². The normalized spacial score (nSPS) is 16.6. The lowest BCUT2D eigenvalue weighted by atomic mass is 10.1. The summed E-state index contributed by atoms with van der Waals surface area (Å²) in [4.78, 5) is 15.6. The van der Waals surface area contributed by atoms with E-state index in [0.717, 1.165) is 27.5 Å². The number of carbonyl (C=O) groups excluding carboxylic acids is 1. The number of hydrogen-bond donors (Lipinski definition) is 1. The number of fused-ring (bicyclic) bond motifs is 2. The standard InChI is InChI=1S/C20H22ClN5O2S2/c1-4-13(7-12(2)21)19(22)20(27)24-9-14-10-25(23-16(14)11-24)30-15-5-6-17-18(8-15)26(17)28-29-3/h4-8,10,19H,9,11,22H2,1-3H3/b12-7+,13-4+. The predicted octanol–water partition coefficient (Wildman–Crippen LogP) is 4.36. The summed E-state index contributed by atoms with van der Waals surface area (Å²) in [6.07, 6.45) is 7.40. The second kappa shape index (κ2) is 8.68. The van der Waals surface area contributed by atoms with Crippen LogP contribution in [0.25, 0.3) is 0 Å². The Morgan fingerprint density at radius 2 is 2.17 bits per heavy atom. The van der Waals surface area contributed by atoms with E-state index in [9.17, 15) is 4.79 Å². The summed E-state index contributed by atoms with van der Waals surface area (Å²) >= 11 is 8.79. The molecule has 2 aliphatic rings. The average Bonchev–Trinajstić information content (AvgIpc) is 3.03. The van der Waals surface area contributed by atoms with Crippen LogP contribution < -0.4 is 10.8 Å². The Morgan fingerprint density at radius 3 is 2.83 bits per heavy atom. The number of allylic oxidation sites excluding steroid dienone is 2. The van der Waals surface area contributed by atoms with Crippen LogP contribution >= 0.6 is 35.6 Å². The molecular weight excluding hydrogens is 442 g/mol. The number of benzene rings is 1. The van der Waals surface area contributed by atoms with Crippen LogP contribution in [0.2, 0.25) is 0 Å². The van der Waals surface area contributed by atoms with Crippen molar-refractivity contribution in [1.29, 1.82) is 0 Å². The molecule has 1 unspecified atom stereocenters. The molecule has 0 aliphatic carbocycles. The second-order valence-corrected chi connectivity index (χ2v) is 9.08. The Morgan fingerprint density at radius 1 is 1.37 bits per heavy atom. The van der Waals surface area contributed by atoms with Gasteiger partial charge in [-0.3, -0.25) is 4.79 Å². The number of rotatable bonds is 7. The minimum absolute atomic E-state index is 0.130. The maximum Gasteiger partial charge on any atom is 0.244 e. The van der Waals surface area contributed by atoms with Crippen LogP contribution in [0.4, 0.5) is 11.4 Å². The molecule has 1 aromatic heterocycles. The smallest absolute Gasteiger partial charge is 0.244 e. The van der Waals surface area contributed by atoms with Crippen LogP contribution in [0.1, 0.15) is 25.1 Å². The van der Waals surface area contributed by atoms with Gasteiger partial charge < -0.3 is 10.6 Å². The Labute approximate surface area is 189 Å². The summed E-state index contributed by atoms with van der Waals surface area (Å²) in [5.74, 6) is -0.130. The SMILES string of the molecule is C/C=C(\C=C(/C)Cl)C(N)C(=O)N1Cc2cn(Sc3ccc4c(c3)N4OSC)nc2C1. The molecule has 0 spiro atoms. The minimum atomic E-state index is -0.737. The quantitative estimate of drug-likeness (QED) is 0.371. The van der Waals surface area contributed by atoms with Gasteiger partial charge in [-0.15, -0.1) is 0 Å². The summed E-state index contributed by atoms with van der Waals surface area (Å²) < 4.78 is 7.27. The van der Waals surface area contributed by atoms with E-state index in [4.69, 9.17) is 21.6 Å². The topological polar surface area (TPSA) is 76.4 Å². The molecule has 158 valence electrons. The Kier molecular flexibility index (Phi) is 6.17. The number of hydrogen-bond acceptors (Lipinski definition) is 7. The molecule has 0 saturated carbocycles. The van der Waals surface area contributed by atoms with Crippen molar-refractivity contribution in [3.05, 3.63) is 58.4 Å². The first-order valence-corrected chi connectivity index (χ1v) is 11.7. The lowest BCUT2D eigenvalue weighted by molar-refractivity contribution is -0.132. The van der Waals surface area contributed by atoms with Gasteiger partial charge in [0.05, 0.1) is 23.6 Å². The molecular formula is C20H22ClN5O2S2.